The van der Waals surface area contributed by atoms with Gasteiger partial charge in [0.25, 0.3) is 10.1 Å². The van der Waals surface area contributed by atoms with Crippen LogP contribution in [-0.2, 0) is 10.1 Å². The summed E-state index contributed by atoms with van der Waals surface area (Å²) in [5.41, 5.74) is 0. The molecule has 1 N–H and O–H groups in total. The van der Waals surface area contributed by atoms with Gasteiger partial charge in [0.2, 0.25) is 0 Å². The Kier molecular flexibility index (Phi) is 6.59. The van der Waals surface area contributed by atoms with Gasteiger partial charge in [-0.15, -0.1) is 6.58 Å². The number of hydrogen-bond donors (Lipinski definition) is 1. The van der Waals surface area contributed by atoms with Gasteiger partial charge in [0, 0.05) is 0 Å². The molecular weight excluding hydrogens is 175 g/mol. The van der Waals surface area contributed by atoms with Crippen molar-refractivity contribution in [2.45, 2.75) is 4.71 Å². The third-order valence-electron chi connectivity index (χ3n) is 0.470. The van der Waals surface area contributed by atoms with Gasteiger partial charge in [0.1, 0.15) is 0 Å². The molecule has 6 heteroatoms. The summed E-state index contributed by atoms with van der Waals surface area (Å²) in [5, 5.41) is 0. The van der Waals surface area contributed by atoms with Gasteiger partial charge in [-0.2, -0.15) is 8.42 Å². The Morgan fingerprint density at radius 2 is 2.00 bits per heavy atom. The van der Waals surface area contributed by atoms with Crippen molar-refractivity contribution in [3.63, 3.8) is 0 Å². The van der Waals surface area contributed by atoms with Crippen LogP contribution in [0.5, 0.6) is 0 Å². The van der Waals surface area contributed by atoms with Crippen LogP contribution in [0.1, 0.15) is 0 Å². The van der Waals surface area contributed by atoms with E-state index in [2.05, 4.69) is 6.58 Å². The topological polar surface area (TPSA) is 54.4 Å². The molecule has 1 unspecified atom stereocenters. The fourth-order valence-electron chi connectivity index (χ4n) is 0.122. The predicted octanol–water partition coefficient (Wildman–Crippen LogP) is -0.0234. The maximum atomic E-state index is 9.91. The Balaban J connectivity index is 0. The van der Waals surface area contributed by atoms with Gasteiger partial charge < -0.3 is 0 Å². The van der Waals surface area contributed by atoms with Crippen LogP contribution in [0.4, 0.5) is 0 Å². The van der Waals surface area contributed by atoms with E-state index in [4.69, 9.17) is 16.2 Å². The molecule has 3 nitrogen and oxygen atoms in total. The van der Waals surface area contributed by atoms with E-state index in [1.54, 1.807) is 0 Å². The number of hydrogen-bond acceptors (Lipinski definition) is 2. The van der Waals surface area contributed by atoms with Gasteiger partial charge in [-0.05, 0) is 0 Å². The van der Waals surface area contributed by atoms with Crippen molar-refractivity contribution in [2.24, 2.45) is 0 Å². The second-order valence-corrected chi connectivity index (χ2v) is 3.37. The zero-order valence-electron chi connectivity index (χ0n) is 3.91. The average molecular weight is 181 g/mol. The van der Waals surface area contributed by atoms with Crippen molar-refractivity contribution < 1.29 is 13.0 Å². The van der Waals surface area contributed by atoms with Gasteiger partial charge in [-0.1, -0.05) is 17.7 Å². The number of alkyl halides is 1. The normalized spacial score (nSPS) is 13.6. The van der Waals surface area contributed by atoms with Gasteiger partial charge in [-0.3, -0.25) is 4.55 Å². The molecule has 0 rings (SSSR count). The van der Waals surface area contributed by atoms with Crippen LogP contribution in [0.3, 0.4) is 0 Å². The van der Waals surface area contributed by atoms with Gasteiger partial charge in [-0.25, -0.2) is 0 Å². The molecule has 0 amide bonds. The monoisotopic (exact) mass is 180 g/mol. The maximum absolute atomic E-state index is 9.91. The van der Waals surface area contributed by atoms with Gasteiger partial charge >= 0.3 is 29.6 Å². The van der Waals surface area contributed by atoms with Crippen molar-refractivity contribution in [3.05, 3.63) is 12.7 Å². The van der Waals surface area contributed by atoms with Crippen molar-refractivity contribution in [3.8, 4) is 0 Å². The minimum atomic E-state index is -4.11. The molecule has 0 aromatic heterocycles. The summed E-state index contributed by atoms with van der Waals surface area (Å²) in [4.78, 5) is 0. The molecule has 0 spiro atoms. The molecule has 50 valence electrons. The molecule has 0 radical (unpaired) electrons. The van der Waals surface area contributed by atoms with Crippen molar-refractivity contribution in [2.75, 3.05) is 0 Å². The van der Waals surface area contributed by atoms with Crippen LogP contribution in [0.2, 0.25) is 0 Å². The Morgan fingerprint density at radius 1 is 1.67 bits per heavy atom. The first-order chi connectivity index (χ1) is 3.48. The Bertz CT molecular complexity index is 175. The van der Waals surface area contributed by atoms with Crippen LogP contribution in [-0.4, -0.2) is 47.2 Å². The van der Waals surface area contributed by atoms with E-state index in [0.717, 1.165) is 6.08 Å². The third-order valence-corrected chi connectivity index (χ3v) is 2.09. The van der Waals surface area contributed by atoms with E-state index in [1.807, 2.05) is 0 Å². The third kappa shape index (κ3) is 5.39. The van der Waals surface area contributed by atoms with Crippen LogP contribution < -0.4 is 0 Å². The zero-order valence-corrected chi connectivity index (χ0v) is 5.48. The summed E-state index contributed by atoms with van der Waals surface area (Å²) in [5.74, 6) is 0. The first-order valence-electron chi connectivity index (χ1n) is 1.71. The molecule has 0 saturated heterocycles. The Labute approximate surface area is 81.1 Å². The molecule has 0 aromatic rings. The zero-order chi connectivity index (χ0) is 6.78. The van der Waals surface area contributed by atoms with Crippen molar-refractivity contribution >= 4 is 51.3 Å². The molecule has 0 aliphatic heterocycles. The van der Waals surface area contributed by atoms with Gasteiger partial charge in [0.05, 0.1) is 0 Å². The summed E-state index contributed by atoms with van der Waals surface area (Å²) in [6.07, 6.45) is 0.927. The molecule has 0 aliphatic rings. The van der Waals surface area contributed by atoms with Crippen LogP contribution in [0.25, 0.3) is 0 Å². The van der Waals surface area contributed by atoms with Crippen molar-refractivity contribution in [1.29, 1.82) is 0 Å². The second kappa shape index (κ2) is 4.71. The standard InChI is InChI=1S/C3H5ClO3S.Na.H/c1-2-3(4)8(5,6)7;;/h2-3H,1H2,(H,5,6,7);;. The summed E-state index contributed by atoms with van der Waals surface area (Å²) in [6, 6.07) is 0. The van der Waals surface area contributed by atoms with E-state index in [0.29, 0.717) is 0 Å². The van der Waals surface area contributed by atoms with E-state index in [9.17, 15) is 8.42 Å². The molecule has 0 aromatic carbocycles. The molecule has 0 bridgehead atoms. The van der Waals surface area contributed by atoms with E-state index >= 15 is 0 Å². The number of halogens is 1. The molecular formula is C3H6ClNaO3S. The summed E-state index contributed by atoms with van der Waals surface area (Å²) in [7, 11) is -4.11. The molecule has 0 heterocycles. The van der Waals surface area contributed by atoms with Crippen LogP contribution >= 0.6 is 11.6 Å². The Hall–Kier alpha value is 0.940. The SMILES string of the molecule is C=CC(Cl)S(=O)(=O)O.[NaH]. The molecule has 0 fully saturated rings. The molecule has 0 aliphatic carbocycles. The van der Waals surface area contributed by atoms with Gasteiger partial charge in [0.15, 0.2) is 4.71 Å². The molecule has 9 heavy (non-hydrogen) atoms. The van der Waals surface area contributed by atoms with Crippen molar-refractivity contribution in [1.82, 2.24) is 0 Å². The van der Waals surface area contributed by atoms with E-state index in [1.165, 1.54) is 0 Å². The second-order valence-electron chi connectivity index (χ2n) is 1.10. The minimum absolute atomic E-state index is 0. The average Bonchev–Trinajstić information content (AvgIpc) is 1.62. The van der Waals surface area contributed by atoms with E-state index < -0.39 is 14.8 Å². The fraction of sp³-hybridized carbons (Fsp3) is 0.333. The summed E-state index contributed by atoms with van der Waals surface area (Å²) in [6.45, 7) is 3.06. The molecule has 0 saturated carbocycles. The summed E-state index contributed by atoms with van der Waals surface area (Å²) >= 11 is 4.99. The fourth-order valence-corrected chi connectivity index (χ4v) is 0.365. The quantitative estimate of drug-likeness (QED) is 0.281. The number of rotatable bonds is 2. The van der Waals surface area contributed by atoms with Crippen LogP contribution in [0, 0.1) is 0 Å². The van der Waals surface area contributed by atoms with E-state index in [-0.39, 0.29) is 29.6 Å². The predicted molar refractivity (Wildman–Crippen MR) is 38.5 cm³/mol. The van der Waals surface area contributed by atoms with Crippen LogP contribution in [0.15, 0.2) is 12.7 Å². The first kappa shape index (κ1) is 12.6. The summed E-state index contributed by atoms with van der Waals surface area (Å²) < 4.78 is 26.5. The Morgan fingerprint density at radius 3 is 2.00 bits per heavy atom. The first-order valence-corrected chi connectivity index (χ1v) is 3.65. The molecule has 1 atom stereocenters.